The number of nitrogens with zero attached hydrogens (tertiary/aromatic N) is 1. The predicted molar refractivity (Wildman–Crippen MR) is 84.6 cm³/mol. The molecule has 1 aliphatic rings. The van der Waals surface area contributed by atoms with Gasteiger partial charge in [-0.15, -0.1) is 0 Å². The van der Waals surface area contributed by atoms with Gasteiger partial charge in [0.1, 0.15) is 0 Å². The second-order valence-electron chi connectivity index (χ2n) is 6.07. The maximum Gasteiger partial charge on any atom is 0.416 e. The van der Waals surface area contributed by atoms with Crippen LogP contribution in [0.1, 0.15) is 24.8 Å². The molecule has 0 saturated carbocycles. The smallest absolute Gasteiger partial charge is 0.376 e. The van der Waals surface area contributed by atoms with Gasteiger partial charge in [-0.05, 0) is 50.0 Å². The van der Waals surface area contributed by atoms with Gasteiger partial charge >= 0.3 is 6.18 Å². The van der Waals surface area contributed by atoms with E-state index in [4.69, 9.17) is 0 Å². The van der Waals surface area contributed by atoms with Gasteiger partial charge in [0.15, 0.2) is 0 Å². The van der Waals surface area contributed by atoms with Crippen molar-refractivity contribution >= 4 is 17.3 Å². The molecule has 1 heterocycles. The Kier molecular flexibility index (Phi) is 5.51. The Morgan fingerprint density at radius 1 is 1.39 bits per heavy atom. The van der Waals surface area contributed by atoms with Crippen LogP contribution in [0.15, 0.2) is 18.2 Å². The van der Waals surface area contributed by atoms with Crippen LogP contribution in [0.5, 0.6) is 0 Å². The van der Waals surface area contributed by atoms with Crippen molar-refractivity contribution in [2.45, 2.75) is 25.4 Å². The van der Waals surface area contributed by atoms with Crippen molar-refractivity contribution in [1.82, 2.24) is 5.32 Å². The Balaban J connectivity index is 2.07. The van der Waals surface area contributed by atoms with E-state index in [2.05, 4.69) is 10.6 Å². The lowest BCUT2D eigenvalue weighted by molar-refractivity contribution is -0.137. The summed E-state index contributed by atoms with van der Waals surface area (Å²) in [6.07, 6.45) is -2.33. The maximum absolute atomic E-state index is 12.9. The Bertz CT molecular complexity index is 552. The summed E-state index contributed by atoms with van der Waals surface area (Å²) in [6.45, 7) is 1.87. The van der Waals surface area contributed by atoms with Crippen LogP contribution in [-0.2, 0) is 11.0 Å². The highest BCUT2D eigenvalue weighted by atomic mass is 19.4. The zero-order chi connectivity index (χ0) is 17.0. The van der Waals surface area contributed by atoms with Crippen LogP contribution in [-0.4, -0.2) is 33.1 Å². The van der Waals surface area contributed by atoms with E-state index in [-0.39, 0.29) is 11.6 Å². The summed E-state index contributed by atoms with van der Waals surface area (Å²) < 4.78 is 38.6. The zero-order valence-corrected chi connectivity index (χ0v) is 13.3. The molecular formula is C16H22F3N3O. The molecule has 7 heteroatoms. The Morgan fingerprint density at radius 2 is 2.13 bits per heavy atom. The molecule has 1 amide bonds. The molecule has 1 saturated heterocycles. The zero-order valence-electron chi connectivity index (χ0n) is 13.3. The standard InChI is InChI=1S/C16H22F3N3O/c1-22(2)14-5-4-12(16(17,18)19)9-13(14)21-15(23)6-3-11-7-8-20-10-11/h4-5,9,11,20H,3,6-8,10H2,1-2H3,(H,21,23). The summed E-state index contributed by atoms with van der Waals surface area (Å²) in [5, 5.41) is 5.86. The fraction of sp³-hybridized carbons (Fsp3) is 0.562. The highest BCUT2D eigenvalue weighted by Gasteiger charge is 2.31. The van der Waals surface area contributed by atoms with Crippen molar-refractivity contribution in [3.8, 4) is 0 Å². The highest BCUT2D eigenvalue weighted by molar-refractivity contribution is 5.94. The molecule has 2 rings (SSSR count). The molecule has 4 nitrogen and oxygen atoms in total. The van der Waals surface area contributed by atoms with Gasteiger partial charge in [0.25, 0.3) is 0 Å². The fourth-order valence-electron chi connectivity index (χ4n) is 2.71. The second kappa shape index (κ2) is 7.21. The van der Waals surface area contributed by atoms with Gasteiger partial charge in [-0.2, -0.15) is 13.2 Å². The minimum atomic E-state index is -4.43. The summed E-state index contributed by atoms with van der Waals surface area (Å²) >= 11 is 0. The number of carbonyl (C=O) groups is 1. The van der Waals surface area contributed by atoms with Gasteiger partial charge < -0.3 is 15.5 Å². The third kappa shape index (κ3) is 4.86. The molecule has 1 aromatic rings. The lowest BCUT2D eigenvalue weighted by atomic mass is 10.0. The Labute approximate surface area is 134 Å². The number of nitrogens with one attached hydrogen (secondary N) is 2. The van der Waals surface area contributed by atoms with Crippen molar-refractivity contribution in [3.05, 3.63) is 23.8 Å². The predicted octanol–water partition coefficient (Wildman–Crippen LogP) is 3.10. The number of amides is 1. The lowest BCUT2D eigenvalue weighted by Crippen LogP contribution is -2.19. The van der Waals surface area contributed by atoms with E-state index >= 15 is 0 Å². The molecule has 2 N–H and O–H groups in total. The summed E-state index contributed by atoms with van der Waals surface area (Å²) in [5.41, 5.74) is -0.0216. The van der Waals surface area contributed by atoms with Crippen LogP contribution in [0.2, 0.25) is 0 Å². The number of alkyl halides is 3. The van der Waals surface area contributed by atoms with Crippen LogP contribution in [0.4, 0.5) is 24.5 Å². The summed E-state index contributed by atoms with van der Waals surface area (Å²) in [6, 6.07) is 3.39. The minimum Gasteiger partial charge on any atom is -0.376 e. The van der Waals surface area contributed by atoms with Gasteiger partial charge in [-0.1, -0.05) is 0 Å². The van der Waals surface area contributed by atoms with E-state index in [1.807, 2.05) is 0 Å². The molecule has 128 valence electrons. The Hall–Kier alpha value is -1.76. The molecule has 0 aromatic heterocycles. The average Bonchev–Trinajstić information content (AvgIpc) is 2.97. The van der Waals surface area contributed by atoms with Crippen LogP contribution in [0, 0.1) is 5.92 Å². The molecule has 0 bridgehead atoms. The van der Waals surface area contributed by atoms with E-state index in [9.17, 15) is 18.0 Å². The van der Waals surface area contributed by atoms with Gasteiger partial charge in [0.2, 0.25) is 5.91 Å². The number of benzene rings is 1. The van der Waals surface area contributed by atoms with Crippen molar-refractivity contribution in [2.75, 3.05) is 37.4 Å². The average molecular weight is 329 g/mol. The molecule has 1 aliphatic heterocycles. The van der Waals surface area contributed by atoms with Crippen LogP contribution in [0.25, 0.3) is 0 Å². The molecule has 0 radical (unpaired) electrons. The SMILES string of the molecule is CN(C)c1ccc(C(F)(F)F)cc1NC(=O)CCC1CCNC1. The maximum atomic E-state index is 12.9. The molecule has 1 atom stereocenters. The molecule has 0 aliphatic carbocycles. The van der Waals surface area contributed by atoms with Crippen molar-refractivity contribution < 1.29 is 18.0 Å². The molecule has 1 fully saturated rings. The second-order valence-corrected chi connectivity index (χ2v) is 6.07. The van der Waals surface area contributed by atoms with E-state index in [0.29, 0.717) is 18.0 Å². The molecule has 1 aromatic carbocycles. The largest absolute Gasteiger partial charge is 0.416 e. The number of anilines is 2. The lowest BCUT2D eigenvalue weighted by Gasteiger charge is -2.20. The van der Waals surface area contributed by atoms with Crippen molar-refractivity contribution in [2.24, 2.45) is 5.92 Å². The first-order valence-electron chi connectivity index (χ1n) is 7.66. The third-order valence-electron chi connectivity index (χ3n) is 4.02. The Morgan fingerprint density at radius 3 is 2.70 bits per heavy atom. The normalized spacial score (nSPS) is 18.0. The van der Waals surface area contributed by atoms with Crippen LogP contribution in [0.3, 0.4) is 0 Å². The molecule has 23 heavy (non-hydrogen) atoms. The first-order valence-corrected chi connectivity index (χ1v) is 7.66. The molecular weight excluding hydrogens is 307 g/mol. The highest BCUT2D eigenvalue weighted by Crippen LogP contribution is 2.35. The van der Waals surface area contributed by atoms with Gasteiger partial charge in [0, 0.05) is 20.5 Å². The number of hydrogen-bond donors (Lipinski definition) is 2. The monoisotopic (exact) mass is 329 g/mol. The van der Waals surface area contributed by atoms with Gasteiger partial charge in [-0.25, -0.2) is 0 Å². The van der Waals surface area contributed by atoms with E-state index < -0.39 is 11.7 Å². The molecule has 0 spiro atoms. The van der Waals surface area contributed by atoms with Crippen LogP contribution >= 0.6 is 0 Å². The number of hydrogen-bond acceptors (Lipinski definition) is 3. The molecule has 1 unspecified atom stereocenters. The first-order chi connectivity index (χ1) is 10.8. The van der Waals surface area contributed by atoms with Gasteiger partial charge in [0.05, 0.1) is 16.9 Å². The van der Waals surface area contributed by atoms with Crippen LogP contribution < -0.4 is 15.5 Å². The number of carbonyl (C=O) groups excluding carboxylic acids is 1. The first kappa shape index (κ1) is 17.6. The van der Waals surface area contributed by atoms with E-state index in [1.54, 1.807) is 19.0 Å². The fourth-order valence-corrected chi connectivity index (χ4v) is 2.71. The van der Waals surface area contributed by atoms with Crippen molar-refractivity contribution in [1.29, 1.82) is 0 Å². The number of rotatable bonds is 5. The number of halogens is 3. The topological polar surface area (TPSA) is 44.4 Å². The quantitative estimate of drug-likeness (QED) is 0.872. The van der Waals surface area contributed by atoms with Gasteiger partial charge in [-0.3, -0.25) is 4.79 Å². The summed E-state index contributed by atoms with van der Waals surface area (Å²) in [4.78, 5) is 13.8. The summed E-state index contributed by atoms with van der Waals surface area (Å²) in [7, 11) is 3.45. The van der Waals surface area contributed by atoms with Crippen molar-refractivity contribution in [3.63, 3.8) is 0 Å². The minimum absolute atomic E-state index is 0.194. The van der Waals surface area contributed by atoms with E-state index in [0.717, 1.165) is 38.1 Å². The summed E-state index contributed by atoms with van der Waals surface area (Å²) in [5.74, 6) is 0.218. The third-order valence-corrected chi connectivity index (χ3v) is 4.02. The van der Waals surface area contributed by atoms with E-state index in [1.165, 1.54) is 6.07 Å².